The largest absolute Gasteiger partial charge is 0.281 e. The Morgan fingerprint density at radius 3 is 1.83 bits per heavy atom. The predicted octanol–water partition coefficient (Wildman–Crippen LogP) is 2.20. The van der Waals surface area contributed by atoms with E-state index in [1.807, 2.05) is 0 Å². The van der Waals surface area contributed by atoms with Gasteiger partial charge in [-0.15, -0.1) is 0 Å². The second kappa shape index (κ2) is 3.00. The molecule has 1 aliphatic rings. The Hall–Kier alpha value is -0.0800. The van der Waals surface area contributed by atoms with Gasteiger partial charge in [0.2, 0.25) is 0 Å². The van der Waals surface area contributed by atoms with Crippen molar-refractivity contribution in [1.29, 1.82) is 0 Å². The molecule has 1 saturated heterocycles. The lowest BCUT2D eigenvalue weighted by atomic mass is 9.99. The van der Waals surface area contributed by atoms with E-state index >= 15 is 0 Å². The summed E-state index contributed by atoms with van der Waals surface area (Å²) >= 11 is 0. The highest BCUT2D eigenvalue weighted by Crippen LogP contribution is 2.31. The number of quaternary nitrogens is 1. The van der Waals surface area contributed by atoms with Gasteiger partial charge in [-0.25, -0.2) is 0 Å². The van der Waals surface area contributed by atoms with Crippen molar-refractivity contribution in [2.75, 3.05) is 20.0 Å². The van der Waals surface area contributed by atoms with E-state index in [-0.39, 0.29) is 0 Å². The van der Waals surface area contributed by atoms with Crippen LogP contribution in [0.4, 0.5) is 0 Å². The number of hydrogen-bond donors (Lipinski definition) is 0. The van der Waals surface area contributed by atoms with E-state index < -0.39 is 0 Å². The topological polar surface area (TPSA) is 9.23 Å². The molecule has 0 unspecified atom stereocenters. The van der Waals surface area contributed by atoms with Crippen LogP contribution < -0.4 is 0 Å². The minimum atomic E-state index is 0.336. The molecule has 0 aliphatic carbocycles. The lowest BCUT2D eigenvalue weighted by molar-refractivity contribution is -1.06. The highest BCUT2D eigenvalue weighted by atomic mass is 16.6. The molecule has 0 aromatic carbocycles. The molecule has 0 spiro atoms. The second-order valence-corrected chi connectivity index (χ2v) is 5.35. The van der Waals surface area contributed by atoms with Gasteiger partial charge in [0.25, 0.3) is 0 Å². The summed E-state index contributed by atoms with van der Waals surface area (Å²) in [6.07, 6.45) is 0. The third-order valence-corrected chi connectivity index (χ3v) is 2.81. The molecule has 0 amide bonds. The maximum absolute atomic E-state index is 5.34. The third kappa shape index (κ3) is 1.64. The Labute approximate surface area is 76.1 Å². The molecule has 0 atom stereocenters. The SMILES string of the molecule is CC(C)C[N+]1(C(C)(C)C)COC1. The van der Waals surface area contributed by atoms with Gasteiger partial charge in [0.15, 0.2) is 13.5 Å². The van der Waals surface area contributed by atoms with Crippen LogP contribution in [-0.2, 0) is 4.74 Å². The summed E-state index contributed by atoms with van der Waals surface area (Å²) in [5.41, 5.74) is 0.336. The van der Waals surface area contributed by atoms with E-state index in [0.29, 0.717) is 5.54 Å². The van der Waals surface area contributed by atoms with Gasteiger partial charge in [0.1, 0.15) is 0 Å². The van der Waals surface area contributed by atoms with Crippen LogP contribution >= 0.6 is 0 Å². The Balaban J connectivity index is 2.63. The Kier molecular flexibility index (Phi) is 2.50. The van der Waals surface area contributed by atoms with E-state index in [2.05, 4.69) is 34.6 Å². The van der Waals surface area contributed by atoms with Gasteiger partial charge in [0.05, 0.1) is 12.1 Å². The monoisotopic (exact) mass is 172 g/mol. The molecule has 0 aromatic rings. The molecular formula is C10H22NO+. The minimum Gasteiger partial charge on any atom is -0.281 e. The predicted molar refractivity (Wildman–Crippen MR) is 50.5 cm³/mol. The zero-order chi connectivity index (χ0) is 9.41. The fraction of sp³-hybridized carbons (Fsp3) is 1.00. The van der Waals surface area contributed by atoms with Crippen molar-refractivity contribution in [2.24, 2.45) is 5.92 Å². The molecule has 0 saturated carbocycles. The number of hydrogen-bond acceptors (Lipinski definition) is 1. The van der Waals surface area contributed by atoms with E-state index in [9.17, 15) is 0 Å². The van der Waals surface area contributed by atoms with Crippen LogP contribution in [0.25, 0.3) is 0 Å². The Morgan fingerprint density at radius 1 is 1.25 bits per heavy atom. The van der Waals surface area contributed by atoms with E-state index in [1.54, 1.807) is 0 Å². The van der Waals surface area contributed by atoms with Gasteiger partial charge < -0.3 is 0 Å². The summed E-state index contributed by atoms with van der Waals surface area (Å²) in [4.78, 5) is 0. The maximum Gasteiger partial charge on any atom is 0.191 e. The van der Waals surface area contributed by atoms with Crippen molar-refractivity contribution in [1.82, 2.24) is 0 Å². The number of nitrogens with zero attached hydrogens (tertiary/aromatic N) is 1. The van der Waals surface area contributed by atoms with Gasteiger partial charge >= 0.3 is 0 Å². The van der Waals surface area contributed by atoms with E-state index in [1.165, 1.54) is 6.54 Å². The maximum atomic E-state index is 5.34. The molecule has 1 heterocycles. The summed E-state index contributed by atoms with van der Waals surface area (Å²) in [5.74, 6) is 0.758. The molecule has 0 N–H and O–H groups in total. The van der Waals surface area contributed by atoms with Crippen LogP contribution in [-0.4, -0.2) is 30.0 Å². The standard InChI is InChI=1S/C10H22NO/c1-9(2)6-11(7-12-8-11)10(3,4)5/h9H,6-8H2,1-5H3/q+1. The molecule has 2 heteroatoms. The zero-order valence-electron chi connectivity index (χ0n) is 9.05. The van der Waals surface area contributed by atoms with Crippen molar-refractivity contribution >= 4 is 0 Å². The van der Waals surface area contributed by atoms with E-state index in [4.69, 9.17) is 4.74 Å². The average molecular weight is 172 g/mol. The van der Waals surface area contributed by atoms with Gasteiger partial charge in [0, 0.05) is 5.92 Å². The van der Waals surface area contributed by atoms with Crippen LogP contribution in [0.2, 0.25) is 0 Å². The second-order valence-electron chi connectivity index (χ2n) is 5.35. The van der Waals surface area contributed by atoms with Crippen LogP contribution in [0.5, 0.6) is 0 Å². The quantitative estimate of drug-likeness (QED) is 0.580. The van der Waals surface area contributed by atoms with E-state index in [0.717, 1.165) is 23.9 Å². The zero-order valence-corrected chi connectivity index (χ0v) is 9.05. The van der Waals surface area contributed by atoms with Crippen LogP contribution in [0, 0.1) is 5.92 Å². The van der Waals surface area contributed by atoms with Crippen molar-refractivity contribution in [2.45, 2.75) is 40.2 Å². The molecule has 0 aromatic heterocycles. The lowest BCUT2D eigenvalue weighted by Crippen LogP contribution is -2.69. The molecule has 1 fully saturated rings. The summed E-state index contributed by atoms with van der Waals surface area (Å²) in [6.45, 7) is 14.5. The van der Waals surface area contributed by atoms with Gasteiger partial charge in [-0.05, 0) is 20.8 Å². The molecule has 0 bridgehead atoms. The number of rotatable bonds is 2. The summed E-state index contributed by atoms with van der Waals surface area (Å²) in [6, 6.07) is 0. The van der Waals surface area contributed by atoms with Gasteiger partial charge in [-0.1, -0.05) is 13.8 Å². The first-order chi connectivity index (χ1) is 5.37. The fourth-order valence-electron chi connectivity index (χ4n) is 1.78. The fourth-order valence-corrected chi connectivity index (χ4v) is 1.78. The van der Waals surface area contributed by atoms with Crippen molar-refractivity contribution in [3.05, 3.63) is 0 Å². The third-order valence-electron chi connectivity index (χ3n) is 2.81. The molecule has 72 valence electrons. The minimum absolute atomic E-state index is 0.336. The normalized spacial score (nSPS) is 22.5. The molecule has 2 nitrogen and oxygen atoms in total. The van der Waals surface area contributed by atoms with Crippen LogP contribution in [0.1, 0.15) is 34.6 Å². The van der Waals surface area contributed by atoms with Crippen molar-refractivity contribution < 1.29 is 9.22 Å². The summed E-state index contributed by atoms with van der Waals surface area (Å²) in [5, 5.41) is 0. The number of ether oxygens (including phenoxy) is 1. The molecule has 1 rings (SSSR count). The molecule has 12 heavy (non-hydrogen) atoms. The first kappa shape index (κ1) is 10.0. The van der Waals surface area contributed by atoms with Crippen LogP contribution in [0.15, 0.2) is 0 Å². The first-order valence-corrected chi connectivity index (χ1v) is 4.81. The smallest absolute Gasteiger partial charge is 0.191 e. The lowest BCUT2D eigenvalue weighted by Gasteiger charge is -2.54. The van der Waals surface area contributed by atoms with Crippen LogP contribution in [0.3, 0.4) is 0 Å². The first-order valence-electron chi connectivity index (χ1n) is 4.81. The molecule has 0 radical (unpaired) electrons. The highest BCUT2D eigenvalue weighted by Gasteiger charge is 2.47. The van der Waals surface area contributed by atoms with Crippen molar-refractivity contribution in [3.63, 3.8) is 0 Å². The molecule has 1 aliphatic heterocycles. The Morgan fingerprint density at radius 2 is 1.75 bits per heavy atom. The average Bonchev–Trinajstić information content (AvgIpc) is 1.74. The van der Waals surface area contributed by atoms with Crippen molar-refractivity contribution in [3.8, 4) is 0 Å². The van der Waals surface area contributed by atoms with Gasteiger partial charge in [-0.2, -0.15) is 0 Å². The summed E-state index contributed by atoms with van der Waals surface area (Å²) < 4.78 is 6.47. The molecular weight excluding hydrogens is 150 g/mol. The highest BCUT2D eigenvalue weighted by molar-refractivity contribution is 4.65. The van der Waals surface area contributed by atoms with Gasteiger partial charge in [-0.3, -0.25) is 9.22 Å². The Bertz CT molecular complexity index is 154. The summed E-state index contributed by atoms with van der Waals surface area (Å²) in [7, 11) is 0.